The van der Waals surface area contributed by atoms with Crippen LogP contribution in [0.25, 0.3) is 0 Å². The first-order chi connectivity index (χ1) is 14.5. The van der Waals surface area contributed by atoms with Crippen LogP contribution in [-0.2, 0) is 16.1 Å². The van der Waals surface area contributed by atoms with Gasteiger partial charge in [-0.05, 0) is 62.2 Å². The first-order valence-electron chi connectivity index (χ1n) is 10.8. The highest BCUT2D eigenvalue weighted by Gasteiger charge is 2.46. The molecule has 30 heavy (non-hydrogen) atoms. The molecule has 0 radical (unpaired) electrons. The predicted molar refractivity (Wildman–Crippen MR) is 107 cm³/mol. The van der Waals surface area contributed by atoms with Gasteiger partial charge >= 0.3 is 0 Å². The molecule has 8 nitrogen and oxygen atoms in total. The number of hydrogen-bond donors (Lipinski definition) is 3. The maximum atomic E-state index is 13.1. The molecular weight excluding hydrogens is 384 g/mol. The second kappa shape index (κ2) is 7.59. The summed E-state index contributed by atoms with van der Waals surface area (Å²) in [5, 5.41) is 9.26. The third kappa shape index (κ3) is 3.33. The lowest BCUT2D eigenvalue weighted by molar-refractivity contribution is -0.136. The van der Waals surface area contributed by atoms with Crippen LogP contribution >= 0.6 is 0 Å². The van der Waals surface area contributed by atoms with Crippen LogP contribution in [0.4, 0.5) is 0 Å². The number of nitrogens with zero attached hydrogens (tertiary/aromatic N) is 1. The molecule has 158 valence electrons. The van der Waals surface area contributed by atoms with Gasteiger partial charge in [0.05, 0.1) is 11.1 Å². The van der Waals surface area contributed by atoms with Crippen LogP contribution in [0.5, 0.6) is 0 Å². The Morgan fingerprint density at radius 3 is 2.73 bits per heavy atom. The number of hydrogen-bond acceptors (Lipinski definition) is 6. The van der Waals surface area contributed by atoms with E-state index in [-0.39, 0.29) is 18.7 Å². The van der Waals surface area contributed by atoms with Gasteiger partial charge in [0.2, 0.25) is 11.8 Å². The Hall–Kier alpha value is -2.58. The quantitative estimate of drug-likeness (QED) is 0.613. The summed E-state index contributed by atoms with van der Waals surface area (Å²) in [6, 6.07) is 4.81. The van der Waals surface area contributed by atoms with Crippen molar-refractivity contribution in [3.05, 3.63) is 34.9 Å². The summed E-state index contributed by atoms with van der Waals surface area (Å²) >= 11 is 0. The van der Waals surface area contributed by atoms with Crippen LogP contribution in [0.3, 0.4) is 0 Å². The molecule has 8 heteroatoms. The molecule has 4 aliphatic rings. The van der Waals surface area contributed by atoms with E-state index in [1.807, 2.05) is 6.07 Å². The minimum Gasteiger partial charge on any atom is -0.316 e. The van der Waals surface area contributed by atoms with Crippen molar-refractivity contribution in [1.82, 2.24) is 20.9 Å². The number of carbonyl (C=O) groups is 4. The number of carbonyl (C=O) groups excluding carboxylic acids is 4. The second-order valence-electron chi connectivity index (χ2n) is 8.78. The minimum atomic E-state index is -0.928. The molecule has 3 aliphatic heterocycles. The molecule has 0 spiro atoms. The van der Waals surface area contributed by atoms with Gasteiger partial charge in [-0.3, -0.25) is 29.4 Å². The van der Waals surface area contributed by atoms with Crippen LogP contribution in [-0.4, -0.2) is 53.7 Å². The van der Waals surface area contributed by atoms with Crippen LogP contribution < -0.4 is 16.0 Å². The summed E-state index contributed by atoms with van der Waals surface area (Å²) in [6.45, 7) is 2.71. The highest BCUT2D eigenvalue weighted by Crippen LogP contribution is 2.40. The van der Waals surface area contributed by atoms with E-state index < -0.39 is 23.8 Å². The van der Waals surface area contributed by atoms with Gasteiger partial charge in [-0.25, -0.2) is 0 Å². The van der Waals surface area contributed by atoms with Gasteiger partial charge in [-0.2, -0.15) is 0 Å². The van der Waals surface area contributed by atoms with Gasteiger partial charge in [0.1, 0.15) is 6.04 Å². The van der Waals surface area contributed by atoms with Gasteiger partial charge in [0, 0.05) is 19.0 Å². The van der Waals surface area contributed by atoms with Gasteiger partial charge in [-0.15, -0.1) is 0 Å². The Labute approximate surface area is 174 Å². The van der Waals surface area contributed by atoms with E-state index in [1.54, 1.807) is 12.1 Å². The molecule has 4 amide bonds. The third-order valence-corrected chi connectivity index (χ3v) is 6.89. The fourth-order valence-electron chi connectivity index (χ4n) is 5.19. The molecule has 0 bridgehead atoms. The Morgan fingerprint density at radius 1 is 1.10 bits per heavy atom. The van der Waals surface area contributed by atoms with Crippen molar-refractivity contribution in [2.75, 3.05) is 13.1 Å². The lowest BCUT2D eigenvalue weighted by atomic mass is 9.94. The zero-order valence-corrected chi connectivity index (χ0v) is 16.8. The fourth-order valence-corrected chi connectivity index (χ4v) is 5.19. The molecule has 4 unspecified atom stereocenters. The van der Waals surface area contributed by atoms with Crippen molar-refractivity contribution in [2.45, 2.75) is 50.7 Å². The number of nitrogens with one attached hydrogen (secondary N) is 3. The summed E-state index contributed by atoms with van der Waals surface area (Å²) in [7, 11) is 0. The average molecular weight is 410 g/mol. The van der Waals surface area contributed by atoms with Gasteiger partial charge in [-0.1, -0.05) is 12.1 Å². The maximum absolute atomic E-state index is 13.1. The molecule has 4 atom stereocenters. The zero-order valence-electron chi connectivity index (χ0n) is 16.8. The van der Waals surface area contributed by atoms with Crippen LogP contribution in [0.2, 0.25) is 0 Å². The highest BCUT2D eigenvalue weighted by atomic mass is 16.2. The van der Waals surface area contributed by atoms with E-state index in [9.17, 15) is 19.2 Å². The minimum absolute atomic E-state index is 0.122. The molecule has 3 N–H and O–H groups in total. The molecule has 3 heterocycles. The average Bonchev–Trinajstić information content (AvgIpc) is 3.48. The van der Waals surface area contributed by atoms with Crippen LogP contribution in [0.15, 0.2) is 18.2 Å². The number of imide groups is 2. The van der Waals surface area contributed by atoms with E-state index in [1.165, 1.54) is 12.8 Å². The largest absolute Gasteiger partial charge is 0.316 e. The number of fused-ring (bicyclic) bond motifs is 1. The van der Waals surface area contributed by atoms with Crippen LogP contribution in [0.1, 0.15) is 58.4 Å². The predicted octanol–water partition coefficient (Wildman–Crippen LogP) is 0.566. The van der Waals surface area contributed by atoms with Gasteiger partial charge in [0.25, 0.3) is 11.8 Å². The summed E-state index contributed by atoms with van der Waals surface area (Å²) in [6.07, 6.45) is 3.94. The number of benzene rings is 1. The Morgan fingerprint density at radius 2 is 1.97 bits per heavy atom. The van der Waals surface area contributed by atoms with Crippen molar-refractivity contribution >= 4 is 23.6 Å². The zero-order chi connectivity index (χ0) is 20.8. The van der Waals surface area contributed by atoms with Crippen LogP contribution in [0, 0.1) is 11.8 Å². The monoisotopic (exact) mass is 410 g/mol. The summed E-state index contributed by atoms with van der Waals surface area (Å²) < 4.78 is 0. The lowest BCUT2D eigenvalue weighted by Crippen LogP contribution is -2.54. The number of rotatable bonds is 5. The van der Waals surface area contributed by atoms with E-state index in [0.717, 1.165) is 30.0 Å². The first-order valence-corrected chi connectivity index (χ1v) is 10.8. The highest BCUT2D eigenvalue weighted by molar-refractivity contribution is 6.24. The van der Waals surface area contributed by atoms with Crippen molar-refractivity contribution in [3.8, 4) is 0 Å². The smallest absolute Gasteiger partial charge is 0.262 e. The van der Waals surface area contributed by atoms with Gasteiger partial charge < -0.3 is 10.6 Å². The fraction of sp³-hybridized carbons (Fsp3) is 0.545. The summed E-state index contributed by atoms with van der Waals surface area (Å²) in [5.41, 5.74) is 1.51. The van der Waals surface area contributed by atoms with E-state index in [0.29, 0.717) is 35.5 Å². The SMILES string of the molecule is O=C1CCC(N2C(=O)c3cccc(CNC4CC4C4CCCNC4)c3C2=O)C(=O)N1. The number of amides is 4. The molecule has 0 aromatic heterocycles. The van der Waals surface area contributed by atoms with Crippen molar-refractivity contribution in [2.24, 2.45) is 11.8 Å². The molecule has 1 aromatic rings. The van der Waals surface area contributed by atoms with Crippen molar-refractivity contribution in [3.63, 3.8) is 0 Å². The molecule has 1 saturated carbocycles. The normalized spacial score (nSPS) is 31.0. The van der Waals surface area contributed by atoms with E-state index >= 15 is 0 Å². The molecule has 3 fully saturated rings. The third-order valence-electron chi connectivity index (χ3n) is 6.89. The maximum Gasteiger partial charge on any atom is 0.262 e. The second-order valence-corrected chi connectivity index (χ2v) is 8.78. The lowest BCUT2D eigenvalue weighted by Gasteiger charge is -2.27. The van der Waals surface area contributed by atoms with E-state index in [2.05, 4.69) is 16.0 Å². The molecule has 5 rings (SSSR count). The van der Waals surface area contributed by atoms with Gasteiger partial charge in [0.15, 0.2) is 0 Å². The molecular formula is C22H26N4O4. The Kier molecular flexibility index (Phi) is 4.91. The topological polar surface area (TPSA) is 108 Å². The molecule has 1 aliphatic carbocycles. The first kappa shape index (κ1) is 19.4. The Bertz CT molecular complexity index is 924. The molecule has 2 saturated heterocycles. The number of piperidine rings is 2. The van der Waals surface area contributed by atoms with E-state index in [4.69, 9.17) is 0 Å². The summed E-state index contributed by atoms with van der Waals surface area (Å²) in [4.78, 5) is 50.7. The Balaban J connectivity index is 1.29. The van der Waals surface area contributed by atoms with Crippen molar-refractivity contribution in [1.29, 1.82) is 0 Å². The molecule has 1 aromatic carbocycles. The van der Waals surface area contributed by atoms with Crippen molar-refractivity contribution < 1.29 is 19.2 Å². The standard InChI is InChI=1S/C22H26N4O4/c27-18-7-6-17(20(28)25-18)26-21(29)14-5-1-3-13(19(14)22(26)30)11-24-16-9-15(16)12-4-2-8-23-10-12/h1,3,5,12,15-17,23-24H,2,4,6-11H2,(H,25,27,28). The summed E-state index contributed by atoms with van der Waals surface area (Å²) in [5.74, 6) is -0.460.